The minimum absolute atomic E-state index is 0.190. The number of rotatable bonds is 19. The van der Waals surface area contributed by atoms with Gasteiger partial charge in [0.25, 0.3) is 0 Å². The van der Waals surface area contributed by atoms with Gasteiger partial charge < -0.3 is 0 Å². The number of benzene rings is 3. The van der Waals surface area contributed by atoms with Gasteiger partial charge in [-0.3, -0.25) is 0 Å². The van der Waals surface area contributed by atoms with E-state index in [1.807, 2.05) is 32.6 Å². The van der Waals surface area contributed by atoms with Crippen molar-refractivity contribution in [2.45, 2.75) is 283 Å². The summed E-state index contributed by atoms with van der Waals surface area (Å²) < 4.78 is 0. The average Bonchev–Trinajstić information content (AvgIpc) is 4.04. The van der Waals surface area contributed by atoms with Crippen LogP contribution in [0, 0.1) is 0 Å². The molecule has 0 saturated heterocycles. The van der Waals surface area contributed by atoms with Crippen molar-refractivity contribution in [2.24, 2.45) is 0 Å². The second-order valence-corrected chi connectivity index (χ2v) is 33.4. The van der Waals surface area contributed by atoms with E-state index in [0.29, 0.717) is 0 Å². The van der Waals surface area contributed by atoms with Gasteiger partial charge in [0.1, 0.15) is 6.51 Å². The van der Waals surface area contributed by atoms with Crippen molar-refractivity contribution in [1.82, 2.24) is 0 Å². The average molecular weight is 977 g/mol. The van der Waals surface area contributed by atoms with E-state index < -0.39 is 14.4 Å². The fourth-order valence-electron chi connectivity index (χ4n) is 17.1. The van der Waals surface area contributed by atoms with Crippen LogP contribution in [0.2, 0.25) is 0 Å². The van der Waals surface area contributed by atoms with E-state index in [9.17, 15) is 0 Å². The second-order valence-electron chi connectivity index (χ2n) is 22.9. The normalized spacial score (nSPS) is 22.0. The van der Waals surface area contributed by atoms with Crippen molar-refractivity contribution in [3.05, 3.63) is 87.0 Å². The fraction of sp³-hybridized carbons (Fsp3) is 0.710. The molecule has 0 bridgehead atoms. The molecule has 4 aliphatic rings. The van der Waals surface area contributed by atoms with Crippen molar-refractivity contribution in [1.29, 1.82) is 0 Å². The number of hydrogen-bond acceptors (Lipinski definition) is 0. The van der Waals surface area contributed by atoms with Crippen LogP contribution in [0.15, 0.2) is 42.5 Å². The minimum Gasteiger partial charge on any atom is -0.0975 e. The summed E-state index contributed by atoms with van der Waals surface area (Å²) in [6.45, 7) is 39.7. The first-order chi connectivity index (χ1) is 31.1. The highest BCUT2D eigenvalue weighted by molar-refractivity contribution is 9.25. The molecule has 65 heavy (non-hydrogen) atoms. The lowest BCUT2D eigenvalue weighted by molar-refractivity contribution is 0.278. The van der Waals surface area contributed by atoms with Crippen molar-refractivity contribution in [3.63, 3.8) is 0 Å². The molecule has 3 heteroatoms. The predicted molar refractivity (Wildman–Crippen MR) is 295 cm³/mol. The van der Waals surface area contributed by atoms with E-state index in [2.05, 4.69) is 153 Å². The number of halogens is 1. The largest absolute Gasteiger partial charge is 0.115 e. The van der Waals surface area contributed by atoms with Crippen molar-refractivity contribution in [2.75, 3.05) is 0 Å². The molecule has 0 aliphatic heterocycles. The Balaban J connectivity index is 1.88. The first kappa shape index (κ1) is 51.4. The van der Waals surface area contributed by atoms with Crippen LogP contribution in [0.25, 0.3) is 0 Å². The molecule has 0 aromatic heterocycles. The number of fused-ring (bicyclic) bond motifs is 4. The van der Waals surface area contributed by atoms with E-state index in [0.717, 1.165) is 0 Å². The number of hydrogen-bond donors (Lipinski definition) is 0. The van der Waals surface area contributed by atoms with Crippen LogP contribution in [0.3, 0.4) is 0 Å². The van der Waals surface area contributed by atoms with Crippen LogP contribution in [-0.2, 0) is 43.3 Å². The maximum absolute atomic E-state index is 5.27. The molecule has 0 fully saturated rings. The minimum atomic E-state index is -1.44. The quantitative estimate of drug-likeness (QED) is 0.0829. The van der Waals surface area contributed by atoms with Gasteiger partial charge >= 0.3 is 0 Å². The molecular weight excluding hydrogens is 881 g/mol. The van der Waals surface area contributed by atoms with Gasteiger partial charge in [-0.05, 0) is 232 Å². The third-order valence-corrected chi connectivity index (χ3v) is 34.1. The Morgan fingerprint density at radius 3 is 0.800 bits per heavy atom. The molecule has 4 aliphatic carbocycles. The first-order valence-corrected chi connectivity index (χ1v) is 34.3. The second kappa shape index (κ2) is 18.7. The standard InChI is InChI=1S/C62H95BrSi2/c1-17-55(18-2)40-59(25-9,26-10)49-45(55)38-46-50(60(27-11,28-12)41-56(46,19-3)20-4)53(49)64(44-36-34-33-35-37-44)65(63)54-51-47(57(21-5,22-6)42-61(51,29-13)30-14)39-48-52(54)62(31-15,32-16)43-58(48,23-7)24-8/h33-39H,17-32,40-43H2,1-16H3/b65-64-. The Labute approximate surface area is 412 Å². The molecule has 0 radical (unpaired) electrons. The van der Waals surface area contributed by atoms with Crippen molar-refractivity contribution in [3.8, 4) is 0 Å². The maximum atomic E-state index is 5.27. The molecule has 0 N–H and O–H groups in total. The van der Waals surface area contributed by atoms with Gasteiger partial charge in [0.2, 0.25) is 0 Å². The van der Waals surface area contributed by atoms with E-state index in [1.54, 1.807) is 27.4 Å². The summed E-state index contributed by atoms with van der Waals surface area (Å²) in [6, 6.07) is 18.4. The van der Waals surface area contributed by atoms with E-state index in [4.69, 9.17) is 15.3 Å². The van der Waals surface area contributed by atoms with Gasteiger partial charge in [-0.1, -0.05) is 169 Å². The molecule has 0 atom stereocenters. The van der Waals surface area contributed by atoms with Gasteiger partial charge in [0.15, 0.2) is 0 Å². The topological polar surface area (TPSA) is 0 Å². The third kappa shape index (κ3) is 6.89. The summed E-state index contributed by atoms with van der Waals surface area (Å²) >= 11 is 5.27. The zero-order valence-electron chi connectivity index (χ0n) is 45.1. The third-order valence-electron chi connectivity index (χ3n) is 22.3. The molecule has 0 nitrogen and oxygen atoms in total. The Morgan fingerprint density at radius 2 is 0.569 bits per heavy atom. The van der Waals surface area contributed by atoms with Gasteiger partial charge in [0.05, 0.1) is 7.89 Å². The van der Waals surface area contributed by atoms with E-state index in [1.165, 1.54) is 128 Å². The molecule has 3 aromatic rings. The van der Waals surface area contributed by atoms with Gasteiger partial charge in [0, 0.05) is 0 Å². The molecule has 0 amide bonds. The van der Waals surface area contributed by atoms with Crippen LogP contribution >= 0.6 is 15.3 Å². The lowest BCUT2D eigenvalue weighted by Crippen LogP contribution is -2.53. The summed E-state index contributed by atoms with van der Waals surface area (Å²) in [5.74, 6) is 0. The Kier molecular flexibility index (Phi) is 14.8. The summed E-state index contributed by atoms with van der Waals surface area (Å²) in [5, 5.41) is 5.52. The zero-order chi connectivity index (χ0) is 47.6. The molecule has 0 spiro atoms. The summed E-state index contributed by atoms with van der Waals surface area (Å²) in [7, 11) is -1.44. The maximum Gasteiger partial charge on any atom is 0.115 e. The predicted octanol–water partition coefficient (Wildman–Crippen LogP) is 16.7. The highest BCUT2D eigenvalue weighted by atomic mass is 79.9. The van der Waals surface area contributed by atoms with Crippen LogP contribution in [-0.4, -0.2) is 14.4 Å². The monoisotopic (exact) mass is 975 g/mol. The molecule has 0 heterocycles. The molecule has 0 unspecified atom stereocenters. The lowest BCUT2D eigenvalue weighted by atomic mass is 9.70. The van der Waals surface area contributed by atoms with Crippen molar-refractivity contribution < 1.29 is 0 Å². The highest BCUT2D eigenvalue weighted by Crippen LogP contribution is 2.64. The van der Waals surface area contributed by atoms with Crippen LogP contribution in [0.5, 0.6) is 0 Å². The summed E-state index contributed by atoms with van der Waals surface area (Å²) in [6.07, 6.45) is 25.1. The van der Waals surface area contributed by atoms with E-state index in [-0.39, 0.29) is 43.3 Å². The Bertz CT molecular complexity index is 2100. The molecule has 3 aromatic carbocycles. The first-order valence-electron chi connectivity index (χ1n) is 28.1. The van der Waals surface area contributed by atoms with Gasteiger partial charge in [-0.2, -0.15) is 0 Å². The van der Waals surface area contributed by atoms with E-state index >= 15 is 0 Å². The molecule has 7 rings (SSSR count). The van der Waals surface area contributed by atoms with Crippen LogP contribution in [0.1, 0.15) is 284 Å². The van der Waals surface area contributed by atoms with Crippen LogP contribution in [0.4, 0.5) is 0 Å². The summed E-state index contributed by atoms with van der Waals surface area (Å²) in [5.41, 5.74) is 16.4. The van der Waals surface area contributed by atoms with Crippen LogP contribution < -0.4 is 15.6 Å². The molecule has 0 saturated carbocycles. The fourth-order valence-corrected chi connectivity index (χ4v) is 30.4. The van der Waals surface area contributed by atoms with Crippen molar-refractivity contribution >= 4 is 45.3 Å². The lowest BCUT2D eigenvalue weighted by Gasteiger charge is -2.38. The zero-order valence-corrected chi connectivity index (χ0v) is 48.6. The highest BCUT2D eigenvalue weighted by Gasteiger charge is 2.59. The Hall–Kier alpha value is -1.43. The molecule has 358 valence electrons. The van der Waals surface area contributed by atoms with Gasteiger partial charge in [-0.15, -0.1) is 0 Å². The smallest absolute Gasteiger partial charge is 0.0975 e. The molecular formula is C62H95BrSi2. The van der Waals surface area contributed by atoms with Gasteiger partial charge in [-0.25, -0.2) is 0 Å². The Morgan fingerprint density at radius 1 is 0.338 bits per heavy atom. The SMILES string of the molecule is CCC1(CC)CC(CC)(CC)c2c1cc1c(c2/[Si](Br)=[Si](\c2ccccc2)c2c3c(cc4c2C(CC)(CC)CC4(CC)CC)C(CC)(CC)CC3(CC)CC)C(CC)(CC)CC1(CC)CC. The summed E-state index contributed by atoms with van der Waals surface area (Å²) in [4.78, 5) is 0.